The van der Waals surface area contributed by atoms with Crippen LogP contribution < -0.4 is 16.5 Å². The van der Waals surface area contributed by atoms with Gasteiger partial charge in [-0.05, 0) is 118 Å². The number of aliphatic imine (C=N–C) groups is 1. The molecule has 3 aromatic rings. The normalized spacial score (nSPS) is 23.2. The number of nitrogens with zero attached hydrogens (tertiary/aromatic N) is 5. The first-order chi connectivity index (χ1) is 33.1. The van der Waals surface area contributed by atoms with E-state index in [9.17, 15) is 29.1 Å². The molecule has 3 fully saturated rings. The predicted molar refractivity (Wildman–Crippen MR) is 265 cm³/mol. The van der Waals surface area contributed by atoms with E-state index in [1.807, 2.05) is 19.2 Å². The van der Waals surface area contributed by atoms with Gasteiger partial charge in [-0.1, -0.05) is 38.8 Å². The van der Waals surface area contributed by atoms with E-state index in [4.69, 9.17) is 20.2 Å². The molecule has 0 spiro atoms. The highest BCUT2D eigenvalue weighted by Gasteiger charge is 2.43. The van der Waals surface area contributed by atoms with Crippen molar-refractivity contribution >= 4 is 52.3 Å². The van der Waals surface area contributed by atoms with Crippen LogP contribution >= 0.6 is 0 Å². The van der Waals surface area contributed by atoms with E-state index < -0.39 is 47.2 Å². The van der Waals surface area contributed by atoms with Crippen LogP contribution in [0.15, 0.2) is 47.1 Å². The number of aryl methyl sites for hydroxylation is 1. The van der Waals surface area contributed by atoms with Gasteiger partial charge in [0.2, 0.25) is 17.7 Å². The summed E-state index contributed by atoms with van der Waals surface area (Å²) >= 11 is 0. The number of methoxy groups -OCH3 is 1. The van der Waals surface area contributed by atoms with Gasteiger partial charge in [-0.15, -0.1) is 0 Å². The molecule has 5 atom stereocenters. The highest BCUT2D eigenvalue weighted by Crippen LogP contribution is 2.42. The molecule has 0 radical (unpaired) electrons. The number of ether oxygens (including phenoxy) is 2. The van der Waals surface area contributed by atoms with E-state index in [-0.39, 0.29) is 62.1 Å². The van der Waals surface area contributed by atoms with Crippen LogP contribution in [0.1, 0.15) is 109 Å². The Bertz CT molecular complexity index is 2510. The predicted octanol–water partition coefficient (Wildman–Crippen LogP) is 5.51. The summed E-state index contributed by atoms with van der Waals surface area (Å²) in [5.74, 6) is -2.24. The Morgan fingerprint density at radius 1 is 1.06 bits per heavy atom. The van der Waals surface area contributed by atoms with Crippen LogP contribution in [-0.4, -0.2) is 131 Å². The zero-order valence-electron chi connectivity index (χ0n) is 41.4. The number of aromatic nitrogens is 1. The number of hydrogen-bond donors (Lipinski definition) is 4. The Labute approximate surface area is 406 Å². The molecule has 1 saturated carbocycles. The maximum atomic E-state index is 14.9. The Morgan fingerprint density at radius 3 is 2.58 bits per heavy atom. The summed E-state index contributed by atoms with van der Waals surface area (Å²) < 4.78 is 14.4. The molecule has 0 unspecified atom stereocenters. The van der Waals surface area contributed by atoms with Crippen LogP contribution in [0, 0.1) is 17.3 Å². The lowest BCUT2D eigenvalue weighted by atomic mass is 9.83. The Balaban J connectivity index is 1.19. The molecular formula is C53H72N8O8. The maximum absolute atomic E-state index is 14.9. The van der Waals surface area contributed by atoms with E-state index in [1.54, 1.807) is 31.2 Å². The van der Waals surface area contributed by atoms with Crippen molar-refractivity contribution in [3.05, 3.63) is 58.9 Å². The summed E-state index contributed by atoms with van der Waals surface area (Å²) in [5.41, 5.74) is 15.8. The standard InChI is InChI=1S/C53H72N8O8/c1-7-60-44-17-16-35-28-40(44)41(48(60)39-14-10-21-55-46(39)32(2)68-6)29-53(3,4)31-69-52(67)42-15-11-22-61(57-42)51(66)43(26-33-24-37(35)27-38(62)25-33)56-49(64)47(34-12-8-9-13-34)58(5)50(65)36-19-23-59(30-36)45(63)18-20-54/h16-17,21,24-25,27-28,32,34,36,42-43,47,57,62H,7-15,18-20,22-23,26,29-31,54H2,1-6H3,(H,56,64)/t32-,36-,42-,43-,47-/m0/s1. The smallest absolute Gasteiger partial charge is 0.324 e. The van der Waals surface area contributed by atoms with Gasteiger partial charge in [-0.25, -0.2) is 5.43 Å². The van der Waals surface area contributed by atoms with Crippen LogP contribution in [0.4, 0.5) is 0 Å². The van der Waals surface area contributed by atoms with Crippen molar-refractivity contribution in [1.29, 1.82) is 0 Å². The molecule has 16 heteroatoms. The van der Waals surface area contributed by atoms with Crippen molar-refractivity contribution < 1.29 is 38.6 Å². The number of likely N-dealkylation sites (N-methyl/N-ethyl adjacent to an activating group) is 1. The van der Waals surface area contributed by atoms with Crippen molar-refractivity contribution in [3.8, 4) is 16.9 Å². The van der Waals surface area contributed by atoms with Gasteiger partial charge in [0.05, 0.1) is 30.0 Å². The number of rotatable bonds is 11. The van der Waals surface area contributed by atoms with Crippen LogP contribution in [0.3, 0.4) is 0 Å². The topological polar surface area (TPSA) is 201 Å². The minimum Gasteiger partial charge on any atom is -0.508 e. The molecule has 372 valence electrons. The third-order valence-electron chi connectivity index (χ3n) is 15.1. The number of hydrazine groups is 1. The van der Waals surface area contributed by atoms with E-state index in [1.165, 1.54) is 9.91 Å². The number of carbonyl (C=O) groups is 5. The number of allylic oxidation sites excluding steroid dienone is 1. The van der Waals surface area contributed by atoms with Crippen LogP contribution in [-0.2, 0) is 52.8 Å². The average Bonchev–Trinajstić information content (AvgIpc) is 4.13. The van der Waals surface area contributed by atoms with E-state index in [0.29, 0.717) is 50.9 Å². The van der Waals surface area contributed by atoms with Gasteiger partial charge in [-0.2, -0.15) is 0 Å². The van der Waals surface area contributed by atoms with Gasteiger partial charge in [0.15, 0.2) is 0 Å². The van der Waals surface area contributed by atoms with Crippen LogP contribution in [0.25, 0.3) is 27.6 Å². The maximum Gasteiger partial charge on any atom is 0.324 e. The van der Waals surface area contributed by atoms with Gasteiger partial charge in [0, 0.05) is 87.8 Å². The van der Waals surface area contributed by atoms with Crippen molar-refractivity contribution in [2.75, 3.05) is 46.9 Å². The quantitative estimate of drug-likeness (QED) is 0.178. The summed E-state index contributed by atoms with van der Waals surface area (Å²) in [6, 6.07) is 8.83. The third kappa shape index (κ3) is 10.6. The first-order valence-electron chi connectivity index (χ1n) is 25.2. The second kappa shape index (κ2) is 21.2. The highest BCUT2D eigenvalue weighted by molar-refractivity contribution is 5.96. The Kier molecular flexibility index (Phi) is 15.3. The summed E-state index contributed by atoms with van der Waals surface area (Å²) in [6.45, 7) is 10.4. The first kappa shape index (κ1) is 49.8. The van der Waals surface area contributed by atoms with Gasteiger partial charge in [-0.3, -0.25) is 34.0 Å². The minimum absolute atomic E-state index is 0.00902. The number of nitrogens with two attached hydrogens (primary N) is 1. The molecule has 6 bridgehead atoms. The monoisotopic (exact) mass is 949 g/mol. The first-order valence-corrected chi connectivity index (χ1v) is 25.2. The molecule has 16 nitrogen and oxygen atoms in total. The van der Waals surface area contributed by atoms with Gasteiger partial charge in [0.25, 0.3) is 5.91 Å². The molecule has 1 aromatic heterocycles. The van der Waals surface area contributed by atoms with Crippen LogP contribution in [0.5, 0.6) is 5.75 Å². The van der Waals surface area contributed by atoms with Gasteiger partial charge < -0.3 is 40.0 Å². The SMILES string of the molecule is CCn1c(C2=C([C@H](C)OC)N=CCC2)c2c3cc(ccc31)-c1cc(O)cc(c1)C[C@H](NC(=O)[C@H](C1CCCC1)N(C)C(=O)[C@H]1CCN(C(=O)CCN)C1)C(=O)N1CCC[C@H](N1)C(=O)OCC(C)(C)C2. The largest absolute Gasteiger partial charge is 0.508 e. The summed E-state index contributed by atoms with van der Waals surface area (Å²) in [4.78, 5) is 78.8. The number of hydrogen-bond acceptors (Lipinski definition) is 11. The lowest BCUT2D eigenvalue weighted by molar-refractivity contribution is -0.155. The molecule has 5 heterocycles. The molecular weight excluding hydrogens is 877 g/mol. The van der Waals surface area contributed by atoms with Gasteiger partial charge >= 0.3 is 5.97 Å². The van der Waals surface area contributed by atoms with E-state index in [0.717, 1.165) is 83.1 Å². The number of phenolic OH excluding ortho intramolecular Hbond substituents is 1. The molecule has 5 aliphatic rings. The second-order valence-electron chi connectivity index (χ2n) is 20.6. The lowest BCUT2D eigenvalue weighted by Crippen LogP contribution is -2.62. The van der Waals surface area contributed by atoms with Crippen molar-refractivity contribution in [2.45, 2.75) is 136 Å². The Hall–Kier alpha value is -5.58. The van der Waals surface area contributed by atoms with Crippen molar-refractivity contribution in [1.82, 2.24) is 30.1 Å². The number of esters is 1. The zero-order valence-corrected chi connectivity index (χ0v) is 41.4. The number of likely N-dealkylation sites (tertiary alicyclic amines) is 1. The molecule has 4 aliphatic heterocycles. The molecule has 2 aromatic carbocycles. The number of phenols is 1. The third-order valence-corrected chi connectivity index (χ3v) is 15.1. The number of cyclic esters (lactones) is 1. The highest BCUT2D eigenvalue weighted by atomic mass is 16.5. The fourth-order valence-electron chi connectivity index (χ4n) is 11.5. The molecule has 4 amide bonds. The minimum atomic E-state index is -1.14. The number of fused-ring (bicyclic) bond motifs is 6. The zero-order chi connectivity index (χ0) is 49.1. The van der Waals surface area contributed by atoms with E-state index in [2.05, 4.69) is 54.3 Å². The van der Waals surface area contributed by atoms with E-state index >= 15 is 0 Å². The Morgan fingerprint density at radius 2 is 1.84 bits per heavy atom. The van der Waals surface area contributed by atoms with Crippen molar-refractivity contribution in [2.24, 2.45) is 28.0 Å². The number of nitrogens with one attached hydrogen (secondary N) is 2. The lowest BCUT2D eigenvalue weighted by Gasteiger charge is -2.37. The fraction of sp³-hybridized carbons (Fsp3) is 0.585. The molecule has 5 N–H and O–H groups in total. The second-order valence-corrected chi connectivity index (χ2v) is 20.6. The summed E-state index contributed by atoms with van der Waals surface area (Å²) in [6.07, 6.45) is 8.91. The van der Waals surface area contributed by atoms with Crippen molar-refractivity contribution in [3.63, 3.8) is 0 Å². The van der Waals surface area contributed by atoms with Gasteiger partial charge in [0.1, 0.15) is 23.9 Å². The summed E-state index contributed by atoms with van der Waals surface area (Å²) in [7, 11) is 3.36. The number of benzene rings is 2. The molecule has 69 heavy (non-hydrogen) atoms. The molecule has 2 saturated heterocycles. The summed E-state index contributed by atoms with van der Waals surface area (Å²) in [5, 5.41) is 17.0. The number of carbonyl (C=O) groups excluding carboxylic acids is 5. The van der Waals surface area contributed by atoms with Crippen LogP contribution in [0.2, 0.25) is 0 Å². The average molecular weight is 949 g/mol. The molecule has 8 rings (SSSR count). The number of aromatic hydroxyl groups is 1. The fourth-order valence-corrected chi connectivity index (χ4v) is 11.5. The number of amides is 4. The molecule has 1 aliphatic carbocycles.